The third-order valence-corrected chi connectivity index (χ3v) is 3.24. The molecule has 2 aromatic rings. The summed E-state index contributed by atoms with van der Waals surface area (Å²) in [6.45, 7) is 0.0848. The lowest BCUT2D eigenvalue weighted by Crippen LogP contribution is -2.35. The van der Waals surface area contributed by atoms with Crippen molar-refractivity contribution in [2.45, 2.75) is 0 Å². The molecular formula is C13H14N4O2. The van der Waals surface area contributed by atoms with E-state index in [9.17, 15) is 4.79 Å². The molecule has 1 aromatic heterocycles. The SMILES string of the molecule is CN1C(=O)COc2ccc(-c3cc(N)nn3C)cc21. The van der Waals surface area contributed by atoms with Crippen molar-refractivity contribution in [1.82, 2.24) is 9.78 Å². The van der Waals surface area contributed by atoms with E-state index in [2.05, 4.69) is 5.10 Å². The molecule has 2 N–H and O–H groups in total. The lowest BCUT2D eigenvalue weighted by atomic mass is 10.1. The van der Waals surface area contributed by atoms with Gasteiger partial charge in [-0.1, -0.05) is 0 Å². The molecule has 1 aliphatic heterocycles. The zero-order valence-corrected chi connectivity index (χ0v) is 10.8. The van der Waals surface area contributed by atoms with Gasteiger partial charge in [-0.25, -0.2) is 0 Å². The molecular weight excluding hydrogens is 244 g/mol. The first-order valence-corrected chi connectivity index (χ1v) is 5.89. The summed E-state index contributed by atoms with van der Waals surface area (Å²) in [5.41, 5.74) is 8.28. The van der Waals surface area contributed by atoms with E-state index in [0.29, 0.717) is 11.6 Å². The van der Waals surface area contributed by atoms with Crippen LogP contribution in [0.25, 0.3) is 11.3 Å². The quantitative estimate of drug-likeness (QED) is 0.829. The fraction of sp³-hybridized carbons (Fsp3) is 0.231. The second-order valence-corrected chi connectivity index (χ2v) is 4.50. The predicted octanol–water partition coefficient (Wildman–Crippen LogP) is 1.02. The number of benzene rings is 1. The number of nitrogens with two attached hydrogens (primary N) is 1. The fourth-order valence-electron chi connectivity index (χ4n) is 2.19. The maximum absolute atomic E-state index is 11.6. The number of aromatic nitrogens is 2. The van der Waals surface area contributed by atoms with Gasteiger partial charge >= 0.3 is 0 Å². The van der Waals surface area contributed by atoms with Gasteiger partial charge in [0, 0.05) is 25.7 Å². The molecule has 0 fully saturated rings. The number of hydrogen-bond donors (Lipinski definition) is 1. The summed E-state index contributed by atoms with van der Waals surface area (Å²) in [4.78, 5) is 13.2. The Labute approximate surface area is 110 Å². The Morgan fingerprint density at radius 3 is 2.79 bits per heavy atom. The molecule has 3 rings (SSSR count). The van der Waals surface area contributed by atoms with Gasteiger partial charge in [-0.15, -0.1) is 0 Å². The average Bonchev–Trinajstić information content (AvgIpc) is 2.73. The molecule has 98 valence electrons. The molecule has 1 aromatic carbocycles. The Kier molecular flexibility index (Phi) is 2.45. The minimum absolute atomic E-state index is 0.0610. The second kappa shape index (κ2) is 4.01. The zero-order valence-electron chi connectivity index (χ0n) is 10.8. The molecule has 1 aliphatic rings. The summed E-state index contributed by atoms with van der Waals surface area (Å²) in [7, 11) is 3.57. The van der Waals surface area contributed by atoms with Gasteiger partial charge in [-0.2, -0.15) is 5.10 Å². The van der Waals surface area contributed by atoms with Crippen LogP contribution in [-0.4, -0.2) is 29.3 Å². The van der Waals surface area contributed by atoms with E-state index in [4.69, 9.17) is 10.5 Å². The van der Waals surface area contributed by atoms with Crippen LogP contribution >= 0.6 is 0 Å². The highest BCUT2D eigenvalue weighted by molar-refractivity contribution is 5.98. The van der Waals surface area contributed by atoms with Gasteiger partial charge in [0.15, 0.2) is 6.61 Å². The first-order valence-electron chi connectivity index (χ1n) is 5.89. The molecule has 19 heavy (non-hydrogen) atoms. The largest absolute Gasteiger partial charge is 0.482 e. The van der Waals surface area contributed by atoms with Gasteiger partial charge in [0.2, 0.25) is 0 Å². The Balaban J connectivity index is 2.11. The number of anilines is 2. The number of fused-ring (bicyclic) bond motifs is 1. The van der Waals surface area contributed by atoms with Gasteiger partial charge in [0.1, 0.15) is 11.6 Å². The number of rotatable bonds is 1. The third kappa shape index (κ3) is 1.81. The van der Waals surface area contributed by atoms with Crippen LogP contribution in [0.5, 0.6) is 5.75 Å². The average molecular weight is 258 g/mol. The van der Waals surface area contributed by atoms with Crippen LogP contribution in [0.1, 0.15) is 0 Å². The van der Waals surface area contributed by atoms with Crippen molar-refractivity contribution >= 4 is 17.4 Å². The van der Waals surface area contributed by atoms with E-state index in [1.54, 1.807) is 22.7 Å². The number of carbonyl (C=O) groups excluding carboxylic acids is 1. The molecule has 0 aliphatic carbocycles. The normalized spacial score (nSPS) is 14.2. The number of nitrogens with zero attached hydrogens (tertiary/aromatic N) is 3. The highest BCUT2D eigenvalue weighted by Crippen LogP contribution is 2.35. The van der Waals surface area contributed by atoms with Crippen LogP contribution in [0.15, 0.2) is 24.3 Å². The first kappa shape index (κ1) is 11.6. The topological polar surface area (TPSA) is 73.4 Å². The van der Waals surface area contributed by atoms with Crippen molar-refractivity contribution < 1.29 is 9.53 Å². The molecule has 6 nitrogen and oxygen atoms in total. The fourth-order valence-corrected chi connectivity index (χ4v) is 2.19. The van der Waals surface area contributed by atoms with Crippen molar-refractivity contribution in [3.63, 3.8) is 0 Å². The van der Waals surface area contributed by atoms with E-state index in [-0.39, 0.29) is 12.5 Å². The Bertz CT molecular complexity index is 663. The molecule has 0 bridgehead atoms. The minimum Gasteiger partial charge on any atom is -0.482 e. The molecule has 0 saturated carbocycles. The van der Waals surface area contributed by atoms with Crippen LogP contribution in [0.3, 0.4) is 0 Å². The van der Waals surface area contributed by atoms with Gasteiger partial charge < -0.3 is 15.4 Å². The summed E-state index contributed by atoms with van der Waals surface area (Å²) in [5.74, 6) is 1.12. The summed E-state index contributed by atoms with van der Waals surface area (Å²) in [6, 6.07) is 7.49. The van der Waals surface area contributed by atoms with E-state index in [1.165, 1.54) is 0 Å². The lowest BCUT2D eigenvalue weighted by Gasteiger charge is -2.26. The Morgan fingerprint density at radius 2 is 2.11 bits per heavy atom. The standard InChI is InChI=1S/C13H14N4O2/c1-16-10-5-8(9-6-12(14)15-17(9)2)3-4-11(10)19-7-13(16)18/h3-6H,7H2,1-2H3,(H2,14,15). The molecule has 0 unspecified atom stereocenters. The number of carbonyl (C=O) groups is 1. The zero-order chi connectivity index (χ0) is 13.6. The van der Waals surface area contributed by atoms with Gasteiger partial charge in [-0.3, -0.25) is 9.48 Å². The Morgan fingerprint density at radius 1 is 1.32 bits per heavy atom. The maximum atomic E-state index is 11.6. The maximum Gasteiger partial charge on any atom is 0.264 e. The van der Waals surface area contributed by atoms with E-state index in [1.807, 2.05) is 25.2 Å². The predicted molar refractivity (Wildman–Crippen MR) is 72.0 cm³/mol. The van der Waals surface area contributed by atoms with Crippen LogP contribution in [-0.2, 0) is 11.8 Å². The van der Waals surface area contributed by atoms with Crippen LogP contribution < -0.4 is 15.4 Å². The highest BCUT2D eigenvalue weighted by Gasteiger charge is 2.22. The molecule has 2 heterocycles. The summed E-state index contributed by atoms with van der Waals surface area (Å²) < 4.78 is 7.10. The number of amides is 1. The molecule has 1 amide bonds. The molecule has 6 heteroatoms. The van der Waals surface area contributed by atoms with E-state index < -0.39 is 0 Å². The van der Waals surface area contributed by atoms with Gasteiger partial charge in [-0.05, 0) is 18.2 Å². The van der Waals surface area contributed by atoms with Crippen LogP contribution in [0, 0.1) is 0 Å². The van der Waals surface area contributed by atoms with Crippen molar-refractivity contribution in [3.05, 3.63) is 24.3 Å². The number of hydrogen-bond acceptors (Lipinski definition) is 4. The van der Waals surface area contributed by atoms with Crippen molar-refractivity contribution in [1.29, 1.82) is 0 Å². The van der Waals surface area contributed by atoms with Crippen LogP contribution in [0.2, 0.25) is 0 Å². The van der Waals surface area contributed by atoms with E-state index >= 15 is 0 Å². The van der Waals surface area contributed by atoms with Gasteiger partial charge in [0.05, 0.1) is 11.4 Å². The minimum atomic E-state index is -0.0610. The molecule has 0 saturated heterocycles. The van der Waals surface area contributed by atoms with Crippen molar-refractivity contribution in [2.75, 3.05) is 24.3 Å². The monoisotopic (exact) mass is 258 g/mol. The number of likely N-dealkylation sites (N-methyl/N-ethyl adjacent to an activating group) is 1. The van der Waals surface area contributed by atoms with Gasteiger partial charge in [0.25, 0.3) is 5.91 Å². The Hall–Kier alpha value is -2.50. The first-order chi connectivity index (χ1) is 9.06. The summed E-state index contributed by atoms with van der Waals surface area (Å²) in [5, 5.41) is 4.12. The van der Waals surface area contributed by atoms with Crippen molar-refractivity contribution in [2.24, 2.45) is 7.05 Å². The molecule has 0 atom stereocenters. The highest BCUT2D eigenvalue weighted by atomic mass is 16.5. The third-order valence-electron chi connectivity index (χ3n) is 3.24. The second-order valence-electron chi connectivity index (χ2n) is 4.50. The number of aryl methyl sites for hydroxylation is 1. The summed E-state index contributed by atoms with van der Waals surface area (Å²) in [6.07, 6.45) is 0. The number of nitrogen functional groups attached to an aromatic ring is 1. The molecule has 0 spiro atoms. The van der Waals surface area contributed by atoms with Crippen molar-refractivity contribution in [3.8, 4) is 17.0 Å². The summed E-state index contributed by atoms with van der Waals surface area (Å²) >= 11 is 0. The lowest BCUT2D eigenvalue weighted by molar-refractivity contribution is -0.120. The number of ether oxygens (including phenoxy) is 1. The smallest absolute Gasteiger partial charge is 0.264 e. The molecule has 0 radical (unpaired) electrons. The van der Waals surface area contributed by atoms with Crippen LogP contribution in [0.4, 0.5) is 11.5 Å². The van der Waals surface area contributed by atoms with E-state index in [0.717, 1.165) is 16.9 Å².